The quantitative estimate of drug-likeness (QED) is 0.562. The van der Waals surface area contributed by atoms with Crippen molar-refractivity contribution < 1.29 is 14.3 Å². The molecule has 1 saturated heterocycles. The van der Waals surface area contributed by atoms with Gasteiger partial charge in [-0.3, -0.25) is 4.79 Å². The zero-order valence-electron chi connectivity index (χ0n) is 9.39. The fourth-order valence-corrected chi connectivity index (χ4v) is 1.82. The van der Waals surface area contributed by atoms with E-state index in [0.29, 0.717) is 6.42 Å². The summed E-state index contributed by atoms with van der Waals surface area (Å²) in [4.78, 5) is 10.9. The number of esters is 1. The van der Waals surface area contributed by atoms with Crippen LogP contribution in [0.5, 0.6) is 0 Å². The van der Waals surface area contributed by atoms with E-state index in [9.17, 15) is 4.79 Å². The lowest BCUT2D eigenvalue weighted by molar-refractivity contribution is -0.140. The van der Waals surface area contributed by atoms with E-state index in [1.165, 1.54) is 12.7 Å². The third-order valence-electron chi connectivity index (χ3n) is 2.83. The molecule has 86 valence electrons. The Kier molecular flexibility index (Phi) is 3.57. The van der Waals surface area contributed by atoms with Gasteiger partial charge in [0.25, 0.3) is 0 Å². The molecule has 1 heterocycles. The van der Waals surface area contributed by atoms with E-state index in [1.54, 1.807) is 0 Å². The molecular formula is C13H16O3. The van der Waals surface area contributed by atoms with Gasteiger partial charge in [0, 0.05) is 12.8 Å². The van der Waals surface area contributed by atoms with Crippen molar-refractivity contribution in [1.29, 1.82) is 0 Å². The summed E-state index contributed by atoms with van der Waals surface area (Å²) in [6, 6.07) is 10.3. The van der Waals surface area contributed by atoms with Gasteiger partial charge in [0.15, 0.2) is 0 Å². The number of carbonyl (C=O) groups excluding carboxylic acids is 1. The lowest BCUT2D eigenvalue weighted by Gasteiger charge is -1.97. The predicted octanol–water partition coefficient (Wildman–Crippen LogP) is 1.95. The number of hydrogen-bond donors (Lipinski definition) is 0. The van der Waals surface area contributed by atoms with E-state index in [1.807, 2.05) is 18.2 Å². The predicted molar refractivity (Wildman–Crippen MR) is 60.1 cm³/mol. The highest BCUT2D eigenvalue weighted by atomic mass is 16.6. The number of rotatable bonds is 5. The molecule has 0 radical (unpaired) electrons. The minimum Gasteiger partial charge on any atom is -0.469 e. The van der Waals surface area contributed by atoms with Crippen molar-refractivity contribution in [1.82, 2.24) is 0 Å². The first-order valence-electron chi connectivity index (χ1n) is 5.56. The molecule has 1 aliphatic heterocycles. The molecular weight excluding hydrogens is 204 g/mol. The average molecular weight is 220 g/mol. The van der Waals surface area contributed by atoms with E-state index < -0.39 is 0 Å². The smallest absolute Gasteiger partial charge is 0.305 e. The van der Waals surface area contributed by atoms with Gasteiger partial charge >= 0.3 is 5.97 Å². The summed E-state index contributed by atoms with van der Waals surface area (Å²) >= 11 is 0. The summed E-state index contributed by atoms with van der Waals surface area (Å²) < 4.78 is 10.1. The Bertz CT molecular complexity index is 347. The monoisotopic (exact) mass is 220 g/mol. The van der Waals surface area contributed by atoms with Crippen LogP contribution >= 0.6 is 0 Å². The van der Waals surface area contributed by atoms with E-state index in [-0.39, 0.29) is 18.2 Å². The molecule has 0 N–H and O–H groups in total. The maximum atomic E-state index is 10.9. The van der Waals surface area contributed by atoms with Crippen LogP contribution in [0.15, 0.2) is 30.3 Å². The van der Waals surface area contributed by atoms with Crippen molar-refractivity contribution in [2.24, 2.45) is 0 Å². The molecule has 0 bridgehead atoms. The zero-order valence-corrected chi connectivity index (χ0v) is 9.39. The molecule has 0 spiro atoms. The third kappa shape index (κ3) is 3.07. The molecule has 2 rings (SSSR count). The maximum absolute atomic E-state index is 10.9. The van der Waals surface area contributed by atoms with Crippen molar-refractivity contribution in [3.63, 3.8) is 0 Å². The van der Waals surface area contributed by atoms with Crippen molar-refractivity contribution >= 4 is 5.97 Å². The number of ether oxygens (including phenoxy) is 2. The Morgan fingerprint density at radius 3 is 2.75 bits per heavy atom. The van der Waals surface area contributed by atoms with Crippen molar-refractivity contribution in [2.75, 3.05) is 7.11 Å². The molecule has 16 heavy (non-hydrogen) atoms. The molecule has 0 aromatic heterocycles. The van der Waals surface area contributed by atoms with Crippen LogP contribution in [0, 0.1) is 0 Å². The Balaban J connectivity index is 1.70. The number of methoxy groups -OCH3 is 1. The summed E-state index contributed by atoms with van der Waals surface area (Å²) in [6.45, 7) is 0. The second-order valence-electron chi connectivity index (χ2n) is 4.02. The van der Waals surface area contributed by atoms with Gasteiger partial charge in [-0.1, -0.05) is 30.3 Å². The Labute approximate surface area is 95.4 Å². The molecule has 3 heteroatoms. The fraction of sp³-hybridized carbons (Fsp3) is 0.462. The van der Waals surface area contributed by atoms with Crippen LogP contribution < -0.4 is 0 Å². The van der Waals surface area contributed by atoms with Crippen molar-refractivity contribution in [3.8, 4) is 0 Å². The van der Waals surface area contributed by atoms with E-state index in [2.05, 4.69) is 16.9 Å². The summed E-state index contributed by atoms with van der Waals surface area (Å²) in [6.07, 6.45) is 2.68. The minimum atomic E-state index is -0.158. The van der Waals surface area contributed by atoms with Gasteiger partial charge in [0.1, 0.15) is 0 Å². The van der Waals surface area contributed by atoms with Crippen LogP contribution in [-0.4, -0.2) is 25.3 Å². The molecule has 0 aliphatic carbocycles. The third-order valence-corrected chi connectivity index (χ3v) is 2.83. The normalized spacial score (nSPS) is 22.8. The summed E-state index contributed by atoms with van der Waals surface area (Å²) in [5.74, 6) is -0.158. The van der Waals surface area contributed by atoms with E-state index in [4.69, 9.17) is 4.74 Å². The molecule has 1 aromatic carbocycles. The largest absolute Gasteiger partial charge is 0.469 e. The van der Waals surface area contributed by atoms with Gasteiger partial charge in [-0.05, 0) is 12.0 Å². The highest BCUT2D eigenvalue weighted by Crippen LogP contribution is 2.29. The lowest BCUT2D eigenvalue weighted by Crippen LogP contribution is -2.04. The Hall–Kier alpha value is -1.35. The number of benzene rings is 1. The first-order chi connectivity index (χ1) is 7.79. The summed E-state index contributed by atoms with van der Waals surface area (Å²) in [5, 5.41) is 0. The molecule has 2 unspecified atom stereocenters. The second-order valence-corrected chi connectivity index (χ2v) is 4.02. The molecule has 1 aromatic rings. The van der Waals surface area contributed by atoms with Gasteiger partial charge in [-0.25, -0.2) is 0 Å². The number of hydrogen-bond acceptors (Lipinski definition) is 3. The highest BCUT2D eigenvalue weighted by Gasteiger charge is 2.38. The van der Waals surface area contributed by atoms with Crippen LogP contribution in [0.1, 0.15) is 18.4 Å². The van der Waals surface area contributed by atoms with Gasteiger partial charge in [0.2, 0.25) is 0 Å². The van der Waals surface area contributed by atoms with Crippen molar-refractivity contribution in [3.05, 3.63) is 35.9 Å². The summed E-state index contributed by atoms with van der Waals surface area (Å²) in [7, 11) is 1.41. The second kappa shape index (κ2) is 5.12. The van der Waals surface area contributed by atoms with Gasteiger partial charge in [-0.15, -0.1) is 0 Å². The van der Waals surface area contributed by atoms with Gasteiger partial charge in [0.05, 0.1) is 19.3 Å². The Morgan fingerprint density at radius 1 is 1.31 bits per heavy atom. The molecule has 3 nitrogen and oxygen atoms in total. The molecule has 1 aliphatic rings. The summed E-state index contributed by atoms with van der Waals surface area (Å²) in [5.41, 5.74) is 1.29. The zero-order chi connectivity index (χ0) is 11.4. The average Bonchev–Trinajstić information content (AvgIpc) is 3.06. The Morgan fingerprint density at radius 2 is 2.06 bits per heavy atom. The topological polar surface area (TPSA) is 38.8 Å². The lowest BCUT2D eigenvalue weighted by atomic mass is 10.1. The van der Waals surface area contributed by atoms with Crippen molar-refractivity contribution in [2.45, 2.75) is 31.5 Å². The van der Waals surface area contributed by atoms with Crippen LogP contribution in [0.4, 0.5) is 0 Å². The van der Waals surface area contributed by atoms with E-state index >= 15 is 0 Å². The molecule has 0 amide bonds. The van der Waals surface area contributed by atoms with E-state index in [0.717, 1.165) is 12.8 Å². The van der Waals surface area contributed by atoms with Crippen LogP contribution in [0.3, 0.4) is 0 Å². The van der Waals surface area contributed by atoms with Crippen LogP contribution in [-0.2, 0) is 20.7 Å². The van der Waals surface area contributed by atoms with Gasteiger partial charge in [-0.2, -0.15) is 0 Å². The number of epoxide rings is 1. The number of carbonyl (C=O) groups is 1. The van der Waals surface area contributed by atoms with Crippen LogP contribution in [0.2, 0.25) is 0 Å². The highest BCUT2D eigenvalue weighted by molar-refractivity contribution is 5.69. The first kappa shape index (κ1) is 11.1. The molecule has 2 atom stereocenters. The minimum absolute atomic E-state index is 0.158. The van der Waals surface area contributed by atoms with Crippen LogP contribution in [0.25, 0.3) is 0 Å². The standard InChI is InChI=1S/C13H16O3/c1-15-13(14)8-7-11-12(16-11)9-10-5-3-2-4-6-10/h2-6,11-12H,7-9H2,1H3. The fourth-order valence-electron chi connectivity index (χ4n) is 1.82. The first-order valence-corrected chi connectivity index (χ1v) is 5.56. The SMILES string of the molecule is COC(=O)CCC1OC1Cc1ccccc1. The molecule has 1 fully saturated rings. The molecule has 0 saturated carbocycles. The van der Waals surface area contributed by atoms with Gasteiger partial charge < -0.3 is 9.47 Å². The maximum Gasteiger partial charge on any atom is 0.305 e.